The number of halogens is 1. The highest BCUT2D eigenvalue weighted by Crippen LogP contribution is 2.25. The lowest BCUT2D eigenvalue weighted by molar-refractivity contribution is 0.0752. The van der Waals surface area contributed by atoms with E-state index in [4.69, 9.17) is 16.3 Å². The van der Waals surface area contributed by atoms with Gasteiger partial charge in [0.15, 0.2) is 0 Å². The molecule has 1 atom stereocenters. The van der Waals surface area contributed by atoms with E-state index in [0.717, 1.165) is 0 Å². The van der Waals surface area contributed by atoms with Gasteiger partial charge in [0.1, 0.15) is 10.7 Å². The Hall–Kier alpha value is -0.890. The van der Waals surface area contributed by atoms with Gasteiger partial charge in [-0.05, 0) is 19.4 Å². The lowest BCUT2D eigenvalue weighted by atomic mass is 10.4. The summed E-state index contributed by atoms with van der Waals surface area (Å²) in [6, 6.07) is 1.42. The minimum absolute atomic E-state index is 0.107. The van der Waals surface area contributed by atoms with Crippen molar-refractivity contribution in [2.24, 2.45) is 0 Å². The van der Waals surface area contributed by atoms with Crippen LogP contribution in [0.4, 0.5) is 5.82 Å². The Morgan fingerprint density at radius 1 is 1.55 bits per heavy atom. The molecular weight excluding hydrogens is 302 g/mol. The van der Waals surface area contributed by atoms with Gasteiger partial charge in [-0.1, -0.05) is 11.6 Å². The van der Waals surface area contributed by atoms with Gasteiger partial charge < -0.3 is 10.1 Å². The van der Waals surface area contributed by atoms with Gasteiger partial charge in [0, 0.05) is 32.9 Å². The summed E-state index contributed by atoms with van der Waals surface area (Å²) >= 11 is 6.00. The Balaban J connectivity index is 2.31. The third kappa shape index (κ3) is 3.22. The first-order valence-electron chi connectivity index (χ1n) is 6.40. The van der Waals surface area contributed by atoms with Crippen molar-refractivity contribution in [3.05, 3.63) is 17.3 Å². The maximum Gasteiger partial charge on any atom is 0.244 e. The van der Waals surface area contributed by atoms with Gasteiger partial charge in [0.25, 0.3) is 0 Å². The zero-order valence-electron chi connectivity index (χ0n) is 11.5. The largest absolute Gasteiger partial charge is 0.377 e. The molecule has 6 nitrogen and oxygen atoms in total. The number of sulfonamides is 1. The average molecular weight is 320 g/mol. The molecule has 1 aromatic heterocycles. The van der Waals surface area contributed by atoms with Crippen LogP contribution in [-0.4, -0.2) is 50.6 Å². The number of nitrogens with one attached hydrogen (secondary N) is 1. The lowest BCUT2D eigenvalue weighted by Crippen LogP contribution is -2.36. The molecule has 0 amide bonds. The Labute approximate surface area is 124 Å². The van der Waals surface area contributed by atoms with E-state index >= 15 is 0 Å². The number of hydrogen-bond donors (Lipinski definition) is 1. The molecule has 1 saturated heterocycles. The molecule has 8 heteroatoms. The number of hydrogen-bond acceptors (Lipinski definition) is 5. The van der Waals surface area contributed by atoms with E-state index in [-0.39, 0.29) is 16.0 Å². The molecule has 1 unspecified atom stereocenters. The highest BCUT2D eigenvalue weighted by atomic mass is 35.5. The summed E-state index contributed by atoms with van der Waals surface area (Å²) in [6.45, 7) is 3.22. The highest BCUT2D eigenvalue weighted by molar-refractivity contribution is 7.89. The smallest absolute Gasteiger partial charge is 0.244 e. The first-order chi connectivity index (χ1) is 9.45. The molecule has 0 bridgehead atoms. The van der Waals surface area contributed by atoms with Crippen LogP contribution in [0.2, 0.25) is 5.02 Å². The number of aromatic nitrogens is 1. The van der Waals surface area contributed by atoms with Crippen LogP contribution in [0.5, 0.6) is 0 Å². The van der Waals surface area contributed by atoms with Crippen LogP contribution in [0.1, 0.15) is 13.3 Å². The van der Waals surface area contributed by atoms with Crippen LogP contribution >= 0.6 is 11.6 Å². The standard InChI is InChI=1S/C12H18ClN3O3S/c1-9-8-16(4-3-5-19-9)20(17,18)10-6-11(13)12(14-2)15-7-10/h6-7,9H,3-5,8H2,1-2H3,(H,14,15). The molecule has 0 aliphatic carbocycles. The van der Waals surface area contributed by atoms with E-state index in [1.807, 2.05) is 6.92 Å². The summed E-state index contributed by atoms with van der Waals surface area (Å²) in [5.41, 5.74) is 0. The molecule has 0 saturated carbocycles. The maximum absolute atomic E-state index is 12.6. The normalized spacial score (nSPS) is 21.4. The van der Waals surface area contributed by atoms with Crippen molar-refractivity contribution >= 4 is 27.4 Å². The molecule has 1 aliphatic heterocycles. The first-order valence-corrected chi connectivity index (χ1v) is 8.22. The van der Waals surface area contributed by atoms with Gasteiger partial charge >= 0.3 is 0 Å². The second-order valence-corrected chi connectivity index (χ2v) is 6.99. The SMILES string of the molecule is CNc1ncc(S(=O)(=O)N2CCCOC(C)C2)cc1Cl. The molecule has 0 radical (unpaired) electrons. The minimum Gasteiger partial charge on any atom is -0.377 e. The van der Waals surface area contributed by atoms with Crippen molar-refractivity contribution < 1.29 is 13.2 Å². The third-order valence-corrected chi connectivity index (χ3v) is 5.22. The molecule has 1 aliphatic rings. The van der Waals surface area contributed by atoms with Crippen molar-refractivity contribution in [2.75, 3.05) is 32.1 Å². The summed E-state index contributed by atoms with van der Waals surface area (Å²) in [6.07, 6.45) is 1.88. The van der Waals surface area contributed by atoms with Crippen molar-refractivity contribution in [3.8, 4) is 0 Å². The number of nitrogens with zero attached hydrogens (tertiary/aromatic N) is 2. The van der Waals surface area contributed by atoms with E-state index in [2.05, 4.69) is 10.3 Å². The fraction of sp³-hybridized carbons (Fsp3) is 0.583. The molecule has 0 spiro atoms. The molecule has 1 N–H and O–H groups in total. The van der Waals surface area contributed by atoms with Crippen LogP contribution in [0, 0.1) is 0 Å². The molecule has 112 valence electrons. The van der Waals surface area contributed by atoms with E-state index in [1.54, 1.807) is 7.05 Å². The molecular formula is C12H18ClN3O3S. The van der Waals surface area contributed by atoms with Gasteiger partial charge in [0.2, 0.25) is 10.0 Å². The van der Waals surface area contributed by atoms with Gasteiger partial charge in [-0.3, -0.25) is 0 Å². The first kappa shape index (κ1) is 15.5. The molecule has 1 fully saturated rings. The molecule has 2 rings (SSSR count). The Morgan fingerprint density at radius 3 is 2.95 bits per heavy atom. The van der Waals surface area contributed by atoms with E-state index < -0.39 is 10.0 Å². The summed E-state index contributed by atoms with van der Waals surface area (Å²) in [7, 11) is -1.91. The predicted octanol–water partition coefficient (Wildman–Crippen LogP) is 1.58. The van der Waals surface area contributed by atoms with Gasteiger partial charge in [0.05, 0.1) is 11.1 Å². The zero-order chi connectivity index (χ0) is 14.8. The summed E-state index contributed by atoms with van der Waals surface area (Å²) < 4.78 is 32.1. The lowest BCUT2D eigenvalue weighted by Gasteiger charge is -2.21. The van der Waals surface area contributed by atoms with E-state index in [0.29, 0.717) is 31.9 Å². The highest BCUT2D eigenvalue weighted by Gasteiger charge is 2.28. The fourth-order valence-corrected chi connectivity index (χ4v) is 3.92. The monoisotopic (exact) mass is 319 g/mol. The quantitative estimate of drug-likeness (QED) is 0.915. The van der Waals surface area contributed by atoms with Crippen molar-refractivity contribution in [3.63, 3.8) is 0 Å². The van der Waals surface area contributed by atoms with Crippen molar-refractivity contribution in [1.29, 1.82) is 0 Å². The zero-order valence-corrected chi connectivity index (χ0v) is 13.0. The van der Waals surface area contributed by atoms with Crippen molar-refractivity contribution in [1.82, 2.24) is 9.29 Å². The Bertz CT molecular complexity index is 579. The average Bonchev–Trinajstić information content (AvgIpc) is 2.63. The van der Waals surface area contributed by atoms with E-state index in [9.17, 15) is 8.42 Å². The molecule has 0 aromatic carbocycles. The maximum atomic E-state index is 12.6. The summed E-state index contributed by atoms with van der Waals surface area (Å²) in [5, 5.41) is 3.08. The van der Waals surface area contributed by atoms with Crippen molar-refractivity contribution in [2.45, 2.75) is 24.3 Å². The number of anilines is 1. The predicted molar refractivity (Wildman–Crippen MR) is 77.6 cm³/mol. The summed E-state index contributed by atoms with van der Waals surface area (Å²) in [4.78, 5) is 4.13. The van der Waals surface area contributed by atoms with Crippen LogP contribution in [0.3, 0.4) is 0 Å². The Morgan fingerprint density at radius 2 is 2.30 bits per heavy atom. The number of rotatable bonds is 3. The number of ether oxygens (including phenoxy) is 1. The van der Waals surface area contributed by atoms with Gasteiger partial charge in [-0.25, -0.2) is 13.4 Å². The fourth-order valence-electron chi connectivity index (χ4n) is 2.07. The molecule has 1 aromatic rings. The van der Waals surface area contributed by atoms with Crippen LogP contribution in [0.15, 0.2) is 17.2 Å². The van der Waals surface area contributed by atoms with Crippen LogP contribution < -0.4 is 5.32 Å². The Kier molecular flexibility index (Phi) is 4.85. The van der Waals surface area contributed by atoms with E-state index in [1.165, 1.54) is 16.6 Å². The molecule has 2 heterocycles. The topological polar surface area (TPSA) is 71.5 Å². The molecule has 20 heavy (non-hydrogen) atoms. The third-order valence-electron chi connectivity index (χ3n) is 3.11. The van der Waals surface area contributed by atoms with Gasteiger partial charge in [-0.15, -0.1) is 0 Å². The van der Waals surface area contributed by atoms with Gasteiger partial charge in [-0.2, -0.15) is 4.31 Å². The van der Waals surface area contributed by atoms with Crippen LogP contribution in [0.25, 0.3) is 0 Å². The second-order valence-electron chi connectivity index (χ2n) is 4.65. The van der Waals surface area contributed by atoms with Crippen LogP contribution in [-0.2, 0) is 14.8 Å². The minimum atomic E-state index is -3.59. The summed E-state index contributed by atoms with van der Waals surface area (Å²) in [5.74, 6) is 0.457. The number of pyridine rings is 1. The second kappa shape index (κ2) is 6.26.